The fourth-order valence-electron chi connectivity index (χ4n) is 6.54. The molecule has 0 radical (unpaired) electrons. The second-order valence-electron chi connectivity index (χ2n) is 10.9. The summed E-state index contributed by atoms with van der Waals surface area (Å²) in [7, 11) is 0. The van der Waals surface area contributed by atoms with Crippen LogP contribution in [0.15, 0.2) is 166 Å². The third-order valence-electron chi connectivity index (χ3n) is 8.48. The molecule has 0 N–H and O–H groups in total. The lowest BCUT2D eigenvalue weighted by molar-refractivity contribution is 0.616. The average molecular weight is 602 g/mol. The molecular weight excluding hydrogens is 560 g/mol. The second kappa shape index (κ2) is 9.69. The first-order valence-electron chi connectivity index (χ1n) is 21.9. The standard InChI is InChI=1S/C44H26O2/c1-2-11-28(12-3-1)37-26-45-38-23-24-39-43(44(37)38)36-22-21-29(25-40(36)46-39)41-32-16-6-8-18-34(32)42(35-19-9-7-17-33(35)41)31-20-10-14-27-13-4-5-15-30(27)31/h1-26H/i4D,5D,6D,7D,8D,9D,10D,13D,14D,15D,16D,17D,18D,19D,20D. The second-order valence-corrected chi connectivity index (χ2v) is 10.9. The van der Waals surface area contributed by atoms with Gasteiger partial charge in [0.15, 0.2) is 0 Å². The Labute approximate surface area is 285 Å². The van der Waals surface area contributed by atoms with Crippen LogP contribution in [0.5, 0.6) is 0 Å². The molecule has 0 fully saturated rings. The van der Waals surface area contributed by atoms with E-state index in [9.17, 15) is 6.85 Å². The van der Waals surface area contributed by atoms with Crippen molar-refractivity contribution in [2.75, 3.05) is 0 Å². The summed E-state index contributed by atoms with van der Waals surface area (Å²) < 4.78 is 147. The van der Waals surface area contributed by atoms with Gasteiger partial charge < -0.3 is 8.83 Å². The Balaban J connectivity index is 1.43. The number of rotatable bonds is 3. The zero-order chi connectivity index (χ0) is 43.2. The van der Waals surface area contributed by atoms with E-state index in [0.717, 1.165) is 21.9 Å². The summed E-state index contributed by atoms with van der Waals surface area (Å²) in [4.78, 5) is 0. The third-order valence-corrected chi connectivity index (χ3v) is 8.48. The van der Waals surface area contributed by atoms with Gasteiger partial charge in [-0.3, -0.25) is 0 Å². The fourth-order valence-corrected chi connectivity index (χ4v) is 6.54. The molecule has 0 saturated carbocycles. The summed E-state index contributed by atoms with van der Waals surface area (Å²) in [6.45, 7) is 0. The highest BCUT2D eigenvalue weighted by Crippen LogP contribution is 2.47. The van der Waals surface area contributed by atoms with Gasteiger partial charge in [0.25, 0.3) is 0 Å². The molecule has 0 atom stereocenters. The maximum Gasteiger partial charge on any atom is 0.136 e. The minimum Gasteiger partial charge on any atom is -0.464 e. The van der Waals surface area contributed by atoms with Crippen LogP contribution >= 0.6 is 0 Å². The maximum atomic E-state index is 9.38. The van der Waals surface area contributed by atoms with Crippen molar-refractivity contribution in [3.05, 3.63) is 158 Å². The number of furan rings is 2. The third kappa shape index (κ3) is 3.59. The van der Waals surface area contributed by atoms with Crippen LogP contribution < -0.4 is 0 Å². The lowest BCUT2D eigenvalue weighted by Crippen LogP contribution is -1.91. The molecule has 8 aromatic carbocycles. The van der Waals surface area contributed by atoms with E-state index in [-0.39, 0.29) is 38.2 Å². The Morgan fingerprint density at radius 3 is 1.85 bits per heavy atom. The van der Waals surface area contributed by atoms with Crippen LogP contribution in [0, 0.1) is 0 Å². The fraction of sp³-hybridized carbons (Fsp3) is 0. The molecule has 0 saturated heterocycles. The monoisotopic (exact) mass is 601 g/mol. The summed E-state index contributed by atoms with van der Waals surface area (Å²) in [6.07, 6.45) is 1.67. The van der Waals surface area contributed by atoms with E-state index in [1.165, 1.54) is 0 Å². The van der Waals surface area contributed by atoms with Crippen molar-refractivity contribution in [3.8, 4) is 33.4 Å². The summed E-state index contributed by atoms with van der Waals surface area (Å²) in [5, 5.41) is 0.259. The van der Waals surface area contributed by atoms with Crippen LogP contribution in [0.1, 0.15) is 20.6 Å². The van der Waals surface area contributed by atoms with E-state index < -0.39 is 107 Å². The lowest BCUT2D eigenvalue weighted by atomic mass is 9.84. The Morgan fingerprint density at radius 1 is 0.435 bits per heavy atom. The van der Waals surface area contributed by atoms with Crippen molar-refractivity contribution in [2.45, 2.75) is 0 Å². The van der Waals surface area contributed by atoms with Crippen molar-refractivity contribution >= 4 is 65.2 Å². The molecule has 214 valence electrons. The predicted octanol–water partition coefficient (Wildman–Crippen LogP) is 12.8. The van der Waals surface area contributed by atoms with Crippen molar-refractivity contribution in [3.63, 3.8) is 0 Å². The molecule has 2 heterocycles. The van der Waals surface area contributed by atoms with E-state index in [1.54, 1.807) is 36.6 Å². The van der Waals surface area contributed by atoms with Crippen LogP contribution in [-0.4, -0.2) is 0 Å². The molecule has 0 bridgehead atoms. The zero-order valence-corrected chi connectivity index (χ0v) is 23.7. The summed E-state index contributed by atoms with van der Waals surface area (Å²) in [6, 6.07) is 7.87. The smallest absolute Gasteiger partial charge is 0.136 e. The Morgan fingerprint density at radius 2 is 1.09 bits per heavy atom. The minimum atomic E-state index is -0.767. The molecular formula is C44H26O2. The van der Waals surface area contributed by atoms with Crippen molar-refractivity contribution in [1.29, 1.82) is 0 Å². The van der Waals surface area contributed by atoms with Crippen LogP contribution in [0.2, 0.25) is 0 Å². The van der Waals surface area contributed by atoms with Gasteiger partial charge in [0.2, 0.25) is 0 Å². The van der Waals surface area contributed by atoms with Gasteiger partial charge >= 0.3 is 0 Å². The molecule has 0 aliphatic heterocycles. The van der Waals surface area contributed by atoms with E-state index in [1.807, 2.05) is 30.3 Å². The lowest BCUT2D eigenvalue weighted by Gasteiger charge is -2.18. The summed E-state index contributed by atoms with van der Waals surface area (Å²) in [5.41, 5.74) is 2.60. The van der Waals surface area contributed by atoms with Crippen LogP contribution in [0.4, 0.5) is 0 Å². The Bertz CT molecular complexity index is 3560. The predicted molar refractivity (Wildman–Crippen MR) is 192 cm³/mol. The Kier molecular flexibility index (Phi) is 3.11. The summed E-state index contributed by atoms with van der Waals surface area (Å²) in [5.74, 6) is 0. The molecule has 0 amide bonds. The largest absolute Gasteiger partial charge is 0.464 e. The van der Waals surface area contributed by atoms with Crippen molar-refractivity contribution in [1.82, 2.24) is 0 Å². The van der Waals surface area contributed by atoms with E-state index in [2.05, 4.69) is 0 Å². The topological polar surface area (TPSA) is 26.3 Å². The first-order chi connectivity index (χ1) is 29.1. The molecule has 10 rings (SSSR count). The Hall–Kier alpha value is -6.12. The highest BCUT2D eigenvalue weighted by Gasteiger charge is 2.20. The molecule has 10 aromatic rings. The highest BCUT2D eigenvalue weighted by molar-refractivity contribution is 6.25. The van der Waals surface area contributed by atoms with E-state index in [4.69, 9.17) is 22.5 Å². The molecule has 0 aliphatic carbocycles. The number of fused-ring (bicyclic) bond motifs is 8. The van der Waals surface area contributed by atoms with Crippen molar-refractivity contribution < 1.29 is 29.4 Å². The van der Waals surface area contributed by atoms with Crippen LogP contribution in [0.3, 0.4) is 0 Å². The van der Waals surface area contributed by atoms with Gasteiger partial charge in [-0.2, -0.15) is 0 Å². The number of hydrogen-bond acceptors (Lipinski definition) is 2. The van der Waals surface area contributed by atoms with Crippen LogP contribution in [0.25, 0.3) is 98.6 Å². The summed E-state index contributed by atoms with van der Waals surface area (Å²) >= 11 is 0. The minimum absolute atomic E-state index is 0.0190. The molecule has 2 aromatic heterocycles. The highest BCUT2D eigenvalue weighted by atomic mass is 16.3. The maximum absolute atomic E-state index is 9.38. The zero-order valence-electron chi connectivity index (χ0n) is 38.7. The average Bonchev–Trinajstić information content (AvgIpc) is 3.87. The number of benzene rings is 8. The van der Waals surface area contributed by atoms with Gasteiger partial charge in [-0.15, -0.1) is 0 Å². The number of hydrogen-bond donors (Lipinski definition) is 0. The first-order valence-corrected chi connectivity index (χ1v) is 14.4. The van der Waals surface area contributed by atoms with Gasteiger partial charge in [-0.05, 0) is 84.4 Å². The molecule has 0 spiro atoms. The normalized spacial score (nSPS) is 16.5. The van der Waals surface area contributed by atoms with E-state index in [0.29, 0.717) is 22.1 Å². The van der Waals surface area contributed by atoms with Gasteiger partial charge in [0.1, 0.15) is 16.7 Å². The molecule has 0 aliphatic rings. The first kappa shape index (κ1) is 14.8. The van der Waals surface area contributed by atoms with Gasteiger partial charge in [-0.25, -0.2) is 0 Å². The van der Waals surface area contributed by atoms with Gasteiger partial charge in [0, 0.05) is 21.7 Å². The van der Waals surface area contributed by atoms with Gasteiger partial charge in [0.05, 0.1) is 26.8 Å². The molecule has 2 heteroatoms. The SMILES string of the molecule is [2H]c1c([2H])c([2H])c2c(-c3c4c([2H])c([2H])c([2H])c([2H])c4c(-c4ccc5c(c4)oc4ccc6occ(-c7ccccc7)c6c45)c4c([2H])c([2H])c([2H])c([2H])c34)c([2H])c([2H])c([2H])c2c1[2H]. The quantitative estimate of drug-likeness (QED) is 0.188. The van der Waals surface area contributed by atoms with E-state index >= 15 is 0 Å². The molecule has 0 unspecified atom stereocenters. The van der Waals surface area contributed by atoms with Gasteiger partial charge in [-0.1, -0.05) is 127 Å². The van der Waals surface area contributed by atoms with Crippen molar-refractivity contribution in [2.24, 2.45) is 0 Å². The molecule has 2 nitrogen and oxygen atoms in total. The molecule has 46 heavy (non-hydrogen) atoms. The van der Waals surface area contributed by atoms with Crippen LogP contribution in [-0.2, 0) is 0 Å².